The van der Waals surface area contributed by atoms with E-state index in [-0.39, 0.29) is 11.3 Å². The summed E-state index contributed by atoms with van der Waals surface area (Å²) in [7, 11) is 0. The lowest BCUT2D eigenvalue weighted by molar-refractivity contribution is 0.0693. The van der Waals surface area contributed by atoms with Crippen LogP contribution >= 0.6 is 15.9 Å². The Morgan fingerprint density at radius 1 is 0.900 bits per heavy atom. The first kappa shape index (κ1) is 21.7. The molecular weight excluding hydrogens is 448 g/mol. The molecule has 0 atom stereocenters. The van der Waals surface area contributed by atoms with E-state index in [9.17, 15) is 15.0 Å². The van der Waals surface area contributed by atoms with Crippen LogP contribution in [0.4, 0.5) is 0 Å². The quantitative estimate of drug-likeness (QED) is 0.416. The van der Waals surface area contributed by atoms with E-state index < -0.39 is 11.4 Å². The maximum atomic E-state index is 11.4. The van der Waals surface area contributed by atoms with E-state index in [2.05, 4.69) is 15.9 Å². The third-order valence-electron chi connectivity index (χ3n) is 4.96. The first-order valence-electron chi connectivity index (χ1n) is 9.46. The number of para-hydroxylation sites is 1. The standard InChI is InChI=1S/C24H23BrO5/c1-24(2,17-14-20(23(27)28)22(26)21(25)15-17)16-8-10-19(11-9-16)30-13-12-29-18-6-4-3-5-7-18/h3-11,14-15,26H,12-13H2,1-2H3,(H,27,28). The van der Waals surface area contributed by atoms with E-state index in [0.717, 1.165) is 22.6 Å². The van der Waals surface area contributed by atoms with Crippen molar-refractivity contribution in [1.82, 2.24) is 0 Å². The van der Waals surface area contributed by atoms with Gasteiger partial charge in [-0.3, -0.25) is 0 Å². The number of rotatable bonds is 8. The molecule has 0 aliphatic heterocycles. The van der Waals surface area contributed by atoms with E-state index in [1.807, 2.05) is 68.4 Å². The van der Waals surface area contributed by atoms with Gasteiger partial charge < -0.3 is 19.7 Å². The molecule has 0 fully saturated rings. The summed E-state index contributed by atoms with van der Waals surface area (Å²) in [6.45, 7) is 4.86. The normalized spacial score (nSPS) is 11.2. The van der Waals surface area contributed by atoms with Gasteiger partial charge in [-0.1, -0.05) is 44.2 Å². The second-order valence-electron chi connectivity index (χ2n) is 7.32. The minimum Gasteiger partial charge on any atom is -0.506 e. The Morgan fingerprint density at radius 2 is 1.47 bits per heavy atom. The van der Waals surface area contributed by atoms with Crippen molar-refractivity contribution < 1.29 is 24.5 Å². The second kappa shape index (κ2) is 9.22. The highest BCUT2D eigenvalue weighted by atomic mass is 79.9. The van der Waals surface area contributed by atoms with Crippen molar-refractivity contribution in [1.29, 1.82) is 0 Å². The fourth-order valence-corrected chi connectivity index (χ4v) is 3.55. The minimum atomic E-state index is -1.17. The van der Waals surface area contributed by atoms with Gasteiger partial charge in [0.25, 0.3) is 0 Å². The highest BCUT2D eigenvalue weighted by Crippen LogP contribution is 2.38. The van der Waals surface area contributed by atoms with Gasteiger partial charge in [-0.05, 0) is 63.5 Å². The van der Waals surface area contributed by atoms with Crippen molar-refractivity contribution >= 4 is 21.9 Å². The number of phenols is 1. The fourth-order valence-electron chi connectivity index (χ4n) is 3.09. The number of carboxylic acid groups (broad SMARTS) is 1. The summed E-state index contributed by atoms with van der Waals surface area (Å²) in [6.07, 6.45) is 0. The van der Waals surface area contributed by atoms with Gasteiger partial charge in [-0.15, -0.1) is 0 Å². The van der Waals surface area contributed by atoms with Crippen LogP contribution in [-0.4, -0.2) is 29.4 Å². The van der Waals surface area contributed by atoms with Gasteiger partial charge in [0.1, 0.15) is 36.0 Å². The predicted molar refractivity (Wildman–Crippen MR) is 119 cm³/mol. The van der Waals surface area contributed by atoms with Crippen LogP contribution in [0.2, 0.25) is 0 Å². The van der Waals surface area contributed by atoms with Gasteiger partial charge in [-0.2, -0.15) is 0 Å². The smallest absolute Gasteiger partial charge is 0.339 e. The monoisotopic (exact) mass is 470 g/mol. The third kappa shape index (κ3) is 4.94. The van der Waals surface area contributed by atoms with Crippen LogP contribution in [0.25, 0.3) is 0 Å². The number of aromatic hydroxyl groups is 1. The molecule has 156 valence electrons. The van der Waals surface area contributed by atoms with Crippen molar-refractivity contribution in [2.45, 2.75) is 19.3 Å². The van der Waals surface area contributed by atoms with E-state index in [1.165, 1.54) is 6.07 Å². The van der Waals surface area contributed by atoms with Crippen LogP contribution in [0.3, 0.4) is 0 Å². The summed E-state index contributed by atoms with van der Waals surface area (Å²) in [6, 6.07) is 20.5. The molecule has 0 saturated heterocycles. The molecule has 3 aromatic rings. The Bertz CT molecular complexity index is 1010. The Labute approximate surface area is 184 Å². The summed E-state index contributed by atoms with van der Waals surface area (Å²) in [4.78, 5) is 11.4. The van der Waals surface area contributed by atoms with Gasteiger partial charge in [-0.25, -0.2) is 4.79 Å². The average molecular weight is 471 g/mol. The number of ether oxygens (including phenoxy) is 2. The van der Waals surface area contributed by atoms with Crippen LogP contribution < -0.4 is 9.47 Å². The Hall–Kier alpha value is -2.99. The zero-order chi connectivity index (χ0) is 21.7. The van der Waals surface area contributed by atoms with E-state index in [0.29, 0.717) is 17.7 Å². The molecule has 0 heterocycles. The molecule has 0 spiro atoms. The molecule has 0 aromatic heterocycles. The topological polar surface area (TPSA) is 76.0 Å². The number of carbonyl (C=O) groups is 1. The van der Waals surface area contributed by atoms with Crippen molar-refractivity contribution in [3.05, 3.63) is 87.9 Å². The van der Waals surface area contributed by atoms with E-state index in [1.54, 1.807) is 6.07 Å². The van der Waals surface area contributed by atoms with Crippen molar-refractivity contribution in [3.8, 4) is 17.2 Å². The van der Waals surface area contributed by atoms with Gasteiger partial charge in [0.15, 0.2) is 0 Å². The lowest BCUT2D eigenvalue weighted by Crippen LogP contribution is -2.20. The number of aromatic carboxylic acids is 1. The maximum absolute atomic E-state index is 11.4. The zero-order valence-electron chi connectivity index (χ0n) is 16.8. The first-order chi connectivity index (χ1) is 14.3. The van der Waals surface area contributed by atoms with Crippen molar-refractivity contribution in [2.24, 2.45) is 0 Å². The Morgan fingerprint density at radius 3 is 2.03 bits per heavy atom. The summed E-state index contributed by atoms with van der Waals surface area (Å²) >= 11 is 3.25. The zero-order valence-corrected chi connectivity index (χ0v) is 18.3. The average Bonchev–Trinajstić information content (AvgIpc) is 2.74. The van der Waals surface area contributed by atoms with Gasteiger partial charge in [0.2, 0.25) is 0 Å². The lowest BCUT2D eigenvalue weighted by Gasteiger charge is -2.27. The van der Waals surface area contributed by atoms with Crippen molar-refractivity contribution in [3.63, 3.8) is 0 Å². The molecule has 0 amide bonds. The molecule has 5 nitrogen and oxygen atoms in total. The van der Waals surface area contributed by atoms with Gasteiger partial charge in [0.05, 0.1) is 4.47 Å². The van der Waals surface area contributed by atoms with Crippen LogP contribution in [0.15, 0.2) is 71.2 Å². The molecule has 0 aliphatic rings. The molecule has 0 unspecified atom stereocenters. The molecular formula is C24H23BrO5. The molecule has 6 heteroatoms. The summed E-state index contributed by atoms with van der Waals surface area (Å²) < 4.78 is 11.7. The van der Waals surface area contributed by atoms with E-state index >= 15 is 0 Å². The molecule has 0 aliphatic carbocycles. The molecule has 0 bridgehead atoms. The second-order valence-corrected chi connectivity index (χ2v) is 8.17. The molecule has 3 aromatic carbocycles. The van der Waals surface area contributed by atoms with Crippen molar-refractivity contribution in [2.75, 3.05) is 13.2 Å². The Kier molecular flexibility index (Phi) is 6.67. The van der Waals surface area contributed by atoms with Crippen LogP contribution in [0.1, 0.15) is 35.3 Å². The number of hydrogen-bond acceptors (Lipinski definition) is 4. The number of carboxylic acids is 1. The third-order valence-corrected chi connectivity index (χ3v) is 5.56. The highest BCUT2D eigenvalue weighted by Gasteiger charge is 2.26. The van der Waals surface area contributed by atoms with E-state index in [4.69, 9.17) is 9.47 Å². The summed E-state index contributed by atoms with van der Waals surface area (Å²) in [5.41, 5.74) is 1.15. The van der Waals surface area contributed by atoms with Crippen LogP contribution in [0.5, 0.6) is 17.2 Å². The number of benzene rings is 3. The molecule has 0 radical (unpaired) electrons. The predicted octanol–water partition coefficient (Wildman–Crippen LogP) is 5.64. The number of halogens is 1. The largest absolute Gasteiger partial charge is 0.506 e. The summed E-state index contributed by atoms with van der Waals surface area (Å²) in [5.74, 6) is 0.0825. The van der Waals surface area contributed by atoms with Crippen LogP contribution in [0, 0.1) is 0 Å². The van der Waals surface area contributed by atoms with Gasteiger partial charge in [0, 0.05) is 5.41 Å². The van der Waals surface area contributed by atoms with Crippen LogP contribution in [-0.2, 0) is 5.41 Å². The first-order valence-corrected chi connectivity index (χ1v) is 10.3. The molecule has 2 N–H and O–H groups in total. The minimum absolute atomic E-state index is 0.134. The lowest BCUT2D eigenvalue weighted by atomic mass is 9.77. The summed E-state index contributed by atoms with van der Waals surface area (Å²) in [5, 5.41) is 19.3. The maximum Gasteiger partial charge on any atom is 0.339 e. The fraction of sp³-hybridized carbons (Fsp3) is 0.208. The number of hydrogen-bond donors (Lipinski definition) is 2. The SMILES string of the molecule is CC(C)(c1ccc(OCCOc2ccccc2)cc1)c1cc(Br)c(O)c(C(=O)O)c1. The molecule has 3 rings (SSSR count). The molecule has 0 saturated carbocycles. The highest BCUT2D eigenvalue weighted by molar-refractivity contribution is 9.10. The Balaban J connectivity index is 1.68. The molecule has 30 heavy (non-hydrogen) atoms. The van der Waals surface area contributed by atoms with Gasteiger partial charge >= 0.3 is 5.97 Å².